The zero-order valence-electron chi connectivity index (χ0n) is 10.1. The van der Waals surface area contributed by atoms with Crippen LogP contribution in [0.4, 0.5) is 5.82 Å². The van der Waals surface area contributed by atoms with Gasteiger partial charge in [-0.3, -0.25) is 0 Å². The Kier molecular flexibility index (Phi) is 3.33. The van der Waals surface area contributed by atoms with E-state index in [4.69, 9.17) is 5.73 Å². The van der Waals surface area contributed by atoms with E-state index in [2.05, 4.69) is 15.0 Å². The van der Waals surface area contributed by atoms with Crippen molar-refractivity contribution in [1.29, 1.82) is 0 Å². The van der Waals surface area contributed by atoms with Crippen molar-refractivity contribution in [2.24, 2.45) is 7.05 Å². The molecule has 0 amide bonds. The van der Waals surface area contributed by atoms with Gasteiger partial charge in [0.05, 0.1) is 0 Å². The van der Waals surface area contributed by atoms with Crippen LogP contribution in [0, 0.1) is 0 Å². The number of nitrogens with zero attached hydrogens (tertiary/aromatic N) is 4. The molecule has 0 aliphatic rings. The molecule has 0 saturated carbocycles. The van der Waals surface area contributed by atoms with Crippen LogP contribution in [-0.4, -0.2) is 19.5 Å². The SMILES string of the molecule is CC(C)c1nc(N)cc(Sc2nccn2C)n1. The minimum absolute atomic E-state index is 0.263. The fraction of sp³-hybridized carbons (Fsp3) is 0.364. The molecule has 0 unspecified atom stereocenters. The first-order valence-corrected chi connectivity index (χ1v) is 6.17. The largest absolute Gasteiger partial charge is 0.384 e. The quantitative estimate of drug-likeness (QED) is 0.843. The zero-order chi connectivity index (χ0) is 12.4. The van der Waals surface area contributed by atoms with Crippen LogP contribution in [0.25, 0.3) is 0 Å². The Morgan fingerprint density at radius 3 is 2.71 bits per heavy atom. The van der Waals surface area contributed by atoms with Gasteiger partial charge in [0, 0.05) is 31.4 Å². The van der Waals surface area contributed by atoms with E-state index in [0.717, 1.165) is 16.0 Å². The van der Waals surface area contributed by atoms with E-state index in [9.17, 15) is 0 Å². The van der Waals surface area contributed by atoms with E-state index in [0.29, 0.717) is 5.82 Å². The van der Waals surface area contributed by atoms with Gasteiger partial charge in [-0.2, -0.15) is 0 Å². The number of rotatable bonds is 3. The van der Waals surface area contributed by atoms with Crippen molar-refractivity contribution in [2.75, 3.05) is 5.73 Å². The molecule has 0 aromatic carbocycles. The van der Waals surface area contributed by atoms with Crippen molar-refractivity contribution >= 4 is 17.6 Å². The number of nitrogen functional groups attached to an aromatic ring is 1. The molecule has 2 N–H and O–H groups in total. The van der Waals surface area contributed by atoms with Crippen molar-refractivity contribution in [3.8, 4) is 0 Å². The van der Waals surface area contributed by atoms with Gasteiger partial charge in [-0.05, 0) is 11.8 Å². The highest BCUT2D eigenvalue weighted by molar-refractivity contribution is 7.99. The Morgan fingerprint density at radius 1 is 1.35 bits per heavy atom. The molecule has 17 heavy (non-hydrogen) atoms. The summed E-state index contributed by atoms with van der Waals surface area (Å²) in [6, 6.07) is 1.77. The maximum absolute atomic E-state index is 5.77. The number of aromatic nitrogens is 4. The molecule has 90 valence electrons. The summed E-state index contributed by atoms with van der Waals surface area (Å²) in [5.41, 5.74) is 5.77. The van der Waals surface area contributed by atoms with Gasteiger partial charge >= 0.3 is 0 Å². The molecule has 2 heterocycles. The second kappa shape index (κ2) is 4.75. The van der Waals surface area contributed by atoms with Gasteiger partial charge in [-0.25, -0.2) is 15.0 Å². The van der Waals surface area contributed by atoms with Crippen molar-refractivity contribution < 1.29 is 0 Å². The number of imidazole rings is 1. The normalized spacial score (nSPS) is 11.1. The molecule has 0 saturated heterocycles. The second-order valence-corrected chi connectivity index (χ2v) is 5.05. The van der Waals surface area contributed by atoms with E-state index < -0.39 is 0 Å². The second-order valence-electron chi connectivity index (χ2n) is 4.07. The average Bonchev–Trinajstić information content (AvgIpc) is 2.63. The molecule has 6 heteroatoms. The van der Waals surface area contributed by atoms with Crippen LogP contribution in [0.15, 0.2) is 28.6 Å². The molecule has 0 aliphatic carbocycles. The Hall–Kier alpha value is -1.56. The van der Waals surface area contributed by atoms with Gasteiger partial charge < -0.3 is 10.3 Å². The minimum atomic E-state index is 0.263. The zero-order valence-corrected chi connectivity index (χ0v) is 10.9. The van der Waals surface area contributed by atoms with Crippen LogP contribution in [0.5, 0.6) is 0 Å². The molecular formula is C11H15N5S. The Balaban J connectivity index is 2.30. The number of hydrogen-bond acceptors (Lipinski definition) is 5. The lowest BCUT2D eigenvalue weighted by atomic mass is 10.2. The number of aryl methyl sites for hydroxylation is 1. The van der Waals surface area contributed by atoms with Crippen LogP contribution in [0.1, 0.15) is 25.6 Å². The van der Waals surface area contributed by atoms with E-state index in [1.54, 1.807) is 12.3 Å². The summed E-state index contributed by atoms with van der Waals surface area (Å²) >= 11 is 1.49. The van der Waals surface area contributed by atoms with Crippen LogP contribution in [0.3, 0.4) is 0 Å². The summed E-state index contributed by atoms with van der Waals surface area (Å²) in [4.78, 5) is 12.9. The Bertz CT molecular complexity index is 520. The first kappa shape index (κ1) is 11.9. The molecule has 5 nitrogen and oxygen atoms in total. The molecule has 2 rings (SSSR count). The molecule has 0 bridgehead atoms. The highest BCUT2D eigenvalue weighted by Crippen LogP contribution is 2.26. The highest BCUT2D eigenvalue weighted by Gasteiger charge is 2.09. The van der Waals surface area contributed by atoms with E-state index in [-0.39, 0.29) is 5.92 Å². The topological polar surface area (TPSA) is 69.6 Å². The van der Waals surface area contributed by atoms with Crippen LogP contribution in [0.2, 0.25) is 0 Å². The summed E-state index contributed by atoms with van der Waals surface area (Å²) in [6.07, 6.45) is 3.66. The van der Waals surface area contributed by atoms with Gasteiger partial charge in [0.15, 0.2) is 5.16 Å². The predicted octanol–water partition coefficient (Wildman–Crippen LogP) is 2.07. The summed E-state index contributed by atoms with van der Waals surface area (Å²) in [6.45, 7) is 4.09. The van der Waals surface area contributed by atoms with Gasteiger partial charge in [-0.1, -0.05) is 13.8 Å². The molecule has 0 atom stereocenters. The number of nitrogens with two attached hydrogens (primary N) is 1. The fourth-order valence-corrected chi connectivity index (χ4v) is 2.14. The average molecular weight is 249 g/mol. The van der Waals surface area contributed by atoms with Crippen LogP contribution in [-0.2, 0) is 7.05 Å². The van der Waals surface area contributed by atoms with Gasteiger partial charge in [0.25, 0.3) is 0 Å². The van der Waals surface area contributed by atoms with Crippen LogP contribution >= 0.6 is 11.8 Å². The number of hydrogen-bond donors (Lipinski definition) is 1. The van der Waals surface area contributed by atoms with Gasteiger partial charge in [0.2, 0.25) is 0 Å². The lowest BCUT2D eigenvalue weighted by Crippen LogP contribution is -2.02. The Labute approximate surface area is 104 Å². The van der Waals surface area contributed by atoms with E-state index in [1.165, 1.54) is 11.8 Å². The third-order valence-corrected chi connectivity index (χ3v) is 3.22. The third kappa shape index (κ3) is 2.76. The van der Waals surface area contributed by atoms with E-state index in [1.807, 2.05) is 31.7 Å². The van der Waals surface area contributed by atoms with Crippen molar-refractivity contribution in [3.05, 3.63) is 24.3 Å². The van der Waals surface area contributed by atoms with Gasteiger partial charge in [-0.15, -0.1) is 0 Å². The van der Waals surface area contributed by atoms with Crippen LogP contribution < -0.4 is 5.73 Å². The smallest absolute Gasteiger partial charge is 0.174 e. The fourth-order valence-electron chi connectivity index (χ4n) is 1.32. The molecule has 0 aliphatic heterocycles. The van der Waals surface area contributed by atoms with Crippen molar-refractivity contribution in [2.45, 2.75) is 29.9 Å². The lowest BCUT2D eigenvalue weighted by Gasteiger charge is -2.07. The molecule has 0 spiro atoms. The summed E-state index contributed by atoms with van der Waals surface area (Å²) in [7, 11) is 1.95. The molecule has 2 aromatic heterocycles. The highest BCUT2D eigenvalue weighted by atomic mass is 32.2. The number of anilines is 1. The maximum atomic E-state index is 5.77. The molecule has 0 radical (unpaired) electrons. The lowest BCUT2D eigenvalue weighted by molar-refractivity contribution is 0.752. The summed E-state index contributed by atoms with van der Waals surface area (Å²) in [5.74, 6) is 1.53. The predicted molar refractivity (Wildman–Crippen MR) is 67.9 cm³/mol. The maximum Gasteiger partial charge on any atom is 0.174 e. The van der Waals surface area contributed by atoms with Gasteiger partial charge in [0.1, 0.15) is 16.7 Å². The minimum Gasteiger partial charge on any atom is -0.384 e. The molecule has 0 fully saturated rings. The molecular weight excluding hydrogens is 234 g/mol. The monoisotopic (exact) mass is 249 g/mol. The van der Waals surface area contributed by atoms with Crippen molar-refractivity contribution in [1.82, 2.24) is 19.5 Å². The first-order chi connectivity index (χ1) is 8.06. The standard InChI is InChI=1S/C11H15N5S/c1-7(2)10-14-8(12)6-9(15-10)17-11-13-4-5-16(11)3/h4-7H,1-3H3,(H2,12,14,15). The third-order valence-electron chi connectivity index (χ3n) is 2.23. The first-order valence-electron chi connectivity index (χ1n) is 5.36. The Morgan fingerprint density at radius 2 is 2.12 bits per heavy atom. The molecule has 2 aromatic rings. The summed E-state index contributed by atoms with van der Waals surface area (Å²) in [5, 5.41) is 1.72. The summed E-state index contributed by atoms with van der Waals surface area (Å²) < 4.78 is 1.94. The van der Waals surface area contributed by atoms with E-state index >= 15 is 0 Å². The van der Waals surface area contributed by atoms with Crippen molar-refractivity contribution in [3.63, 3.8) is 0 Å².